The third-order valence-electron chi connectivity index (χ3n) is 4.42. The maximum atomic E-state index is 6.29. The molecule has 1 aliphatic rings. The number of hydrogen-bond donors (Lipinski definition) is 0. The van der Waals surface area contributed by atoms with Crippen LogP contribution < -0.4 is 4.89 Å². The topological polar surface area (TPSA) is 50.4 Å². The SMILES string of the molecule is CCOOc1c(Cl)c(Cl)cc2c1ccn2-c1cnn(C2CCCCO2)c1. The van der Waals surface area contributed by atoms with E-state index in [1.54, 1.807) is 0 Å². The van der Waals surface area contributed by atoms with Crippen molar-refractivity contribution in [3.05, 3.63) is 40.8 Å². The summed E-state index contributed by atoms with van der Waals surface area (Å²) in [6.07, 6.45) is 8.94. The summed E-state index contributed by atoms with van der Waals surface area (Å²) in [6, 6.07) is 3.73. The van der Waals surface area contributed by atoms with Crippen LogP contribution >= 0.6 is 23.2 Å². The van der Waals surface area contributed by atoms with E-state index in [-0.39, 0.29) is 6.23 Å². The Bertz CT molecular complexity index is 916. The van der Waals surface area contributed by atoms with Gasteiger partial charge >= 0.3 is 0 Å². The minimum atomic E-state index is -0.00536. The van der Waals surface area contributed by atoms with Gasteiger partial charge in [-0.1, -0.05) is 23.2 Å². The molecule has 26 heavy (non-hydrogen) atoms. The molecule has 0 aliphatic carbocycles. The van der Waals surface area contributed by atoms with Crippen molar-refractivity contribution in [1.29, 1.82) is 0 Å². The molecule has 1 fully saturated rings. The molecule has 1 atom stereocenters. The summed E-state index contributed by atoms with van der Waals surface area (Å²) in [7, 11) is 0. The van der Waals surface area contributed by atoms with Gasteiger partial charge in [0.2, 0.25) is 0 Å². The van der Waals surface area contributed by atoms with E-state index < -0.39 is 0 Å². The minimum Gasteiger partial charge on any atom is -0.357 e. The third kappa shape index (κ3) is 3.18. The van der Waals surface area contributed by atoms with Gasteiger partial charge < -0.3 is 14.2 Å². The zero-order valence-electron chi connectivity index (χ0n) is 14.3. The van der Waals surface area contributed by atoms with E-state index in [1.807, 2.05) is 46.9 Å². The van der Waals surface area contributed by atoms with Gasteiger partial charge in [0.25, 0.3) is 0 Å². The molecule has 1 aromatic carbocycles. The molecule has 138 valence electrons. The van der Waals surface area contributed by atoms with Gasteiger partial charge in [0, 0.05) is 18.2 Å². The van der Waals surface area contributed by atoms with Crippen molar-refractivity contribution in [2.24, 2.45) is 0 Å². The fourth-order valence-electron chi connectivity index (χ4n) is 3.16. The second kappa shape index (κ2) is 7.48. The lowest BCUT2D eigenvalue weighted by Gasteiger charge is -2.22. The predicted octanol–water partition coefficient (Wildman–Crippen LogP) is 5.16. The van der Waals surface area contributed by atoms with Crippen molar-refractivity contribution in [1.82, 2.24) is 14.3 Å². The fraction of sp³-hybridized carbons (Fsp3) is 0.389. The first-order valence-electron chi connectivity index (χ1n) is 8.63. The molecule has 1 unspecified atom stereocenters. The number of benzene rings is 1. The van der Waals surface area contributed by atoms with Crippen molar-refractivity contribution in [3.63, 3.8) is 0 Å². The molecule has 0 radical (unpaired) electrons. The molecule has 6 nitrogen and oxygen atoms in total. The minimum absolute atomic E-state index is 0.00536. The quantitative estimate of drug-likeness (QED) is 0.441. The first-order chi connectivity index (χ1) is 12.7. The normalized spacial score (nSPS) is 17.7. The predicted molar refractivity (Wildman–Crippen MR) is 100 cm³/mol. The Morgan fingerprint density at radius 2 is 2.23 bits per heavy atom. The monoisotopic (exact) mass is 395 g/mol. The van der Waals surface area contributed by atoms with E-state index in [4.69, 9.17) is 37.7 Å². The van der Waals surface area contributed by atoms with Gasteiger partial charge in [0.1, 0.15) is 11.3 Å². The first kappa shape index (κ1) is 17.7. The van der Waals surface area contributed by atoms with Gasteiger partial charge in [-0.05, 0) is 38.3 Å². The molecule has 0 spiro atoms. The van der Waals surface area contributed by atoms with Crippen LogP contribution in [0.15, 0.2) is 30.7 Å². The Morgan fingerprint density at radius 1 is 1.35 bits per heavy atom. The van der Waals surface area contributed by atoms with E-state index in [1.165, 1.54) is 0 Å². The van der Waals surface area contributed by atoms with Crippen molar-refractivity contribution >= 4 is 34.1 Å². The molecule has 0 N–H and O–H groups in total. The lowest BCUT2D eigenvalue weighted by atomic mass is 10.2. The molecule has 1 saturated heterocycles. The lowest BCUT2D eigenvalue weighted by Crippen LogP contribution is -2.18. The molecule has 3 heterocycles. The Morgan fingerprint density at radius 3 is 3.00 bits per heavy atom. The highest BCUT2D eigenvalue weighted by atomic mass is 35.5. The molecule has 8 heteroatoms. The Balaban J connectivity index is 1.73. The van der Waals surface area contributed by atoms with E-state index in [2.05, 4.69) is 5.10 Å². The molecule has 0 amide bonds. The molecular weight excluding hydrogens is 377 g/mol. The van der Waals surface area contributed by atoms with E-state index in [0.717, 1.165) is 42.5 Å². The summed E-state index contributed by atoms with van der Waals surface area (Å²) >= 11 is 12.6. The zero-order chi connectivity index (χ0) is 18.1. The van der Waals surface area contributed by atoms with Crippen LogP contribution in [0, 0.1) is 0 Å². The third-order valence-corrected chi connectivity index (χ3v) is 5.19. The summed E-state index contributed by atoms with van der Waals surface area (Å²) in [5.74, 6) is 0.415. The maximum Gasteiger partial charge on any atom is 0.194 e. The summed E-state index contributed by atoms with van der Waals surface area (Å²) in [5.41, 5.74) is 1.77. The summed E-state index contributed by atoms with van der Waals surface area (Å²) in [5, 5.41) is 6.01. The van der Waals surface area contributed by atoms with Crippen LogP contribution in [0.25, 0.3) is 16.6 Å². The van der Waals surface area contributed by atoms with Crippen molar-refractivity contribution in [3.8, 4) is 11.4 Å². The highest BCUT2D eigenvalue weighted by Gasteiger charge is 2.19. The highest BCUT2D eigenvalue weighted by molar-refractivity contribution is 6.44. The average Bonchev–Trinajstić information content (AvgIpc) is 3.30. The van der Waals surface area contributed by atoms with Gasteiger partial charge in [-0.3, -0.25) is 0 Å². The van der Waals surface area contributed by atoms with Gasteiger partial charge in [0.05, 0.1) is 35.2 Å². The van der Waals surface area contributed by atoms with Crippen LogP contribution in [0.4, 0.5) is 0 Å². The number of fused-ring (bicyclic) bond motifs is 1. The van der Waals surface area contributed by atoms with E-state index >= 15 is 0 Å². The van der Waals surface area contributed by atoms with Gasteiger partial charge in [0.15, 0.2) is 5.75 Å². The Hall–Kier alpha value is -1.73. The smallest absolute Gasteiger partial charge is 0.194 e. The maximum absolute atomic E-state index is 6.29. The van der Waals surface area contributed by atoms with Crippen molar-refractivity contribution in [2.75, 3.05) is 13.2 Å². The number of hydrogen-bond acceptors (Lipinski definition) is 4. The Labute approximate surface area is 161 Å². The number of rotatable bonds is 5. The molecule has 0 saturated carbocycles. The molecular formula is C18H19Cl2N3O3. The van der Waals surface area contributed by atoms with E-state index in [9.17, 15) is 0 Å². The summed E-state index contributed by atoms with van der Waals surface area (Å²) < 4.78 is 9.66. The number of aromatic nitrogens is 3. The van der Waals surface area contributed by atoms with Crippen LogP contribution in [0.5, 0.6) is 5.75 Å². The van der Waals surface area contributed by atoms with E-state index in [0.29, 0.717) is 22.4 Å². The largest absolute Gasteiger partial charge is 0.357 e. The highest BCUT2D eigenvalue weighted by Crippen LogP contribution is 2.40. The van der Waals surface area contributed by atoms with Gasteiger partial charge in [-0.15, -0.1) is 0 Å². The van der Waals surface area contributed by atoms with Crippen molar-refractivity contribution < 1.29 is 14.5 Å². The lowest BCUT2D eigenvalue weighted by molar-refractivity contribution is -0.200. The molecule has 3 aromatic rings. The summed E-state index contributed by atoms with van der Waals surface area (Å²) in [4.78, 5) is 10.4. The molecule has 4 rings (SSSR count). The number of nitrogens with zero attached hydrogens (tertiary/aromatic N) is 3. The fourth-order valence-corrected chi connectivity index (χ4v) is 3.54. The number of ether oxygens (including phenoxy) is 1. The number of halogens is 2. The second-order valence-electron chi connectivity index (χ2n) is 6.11. The van der Waals surface area contributed by atoms with Crippen LogP contribution in [-0.4, -0.2) is 27.6 Å². The molecule has 0 bridgehead atoms. The standard InChI is InChI=1S/C18H19Cl2N3O3/c1-2-25-26-18-13-6-7-22(15(13)9-14(19)17(18)20)12-10-21-23(11-12)16-5-3-4-8-24-16/h6-7,9-11,16H,2-5,8H2,1H3. The van der Waals surface area contributed by atoms with Crippen LogP contribution in [0.1, 0.15) is 32.4 Å². The zero-order valence-corrected chi connectivity index (χ0v) is 15.8. The Kier molecular flexibility index (Phi) is 5.09. The first-order valence-corrected chi connectivity index (χ1v) is 9.39. The average molecular weight is 396 g/mol. The van der Waals surface area contributed by atoms with Gasteiger partial charge in [-0.25, -0.2) is 4.68 Å². The molecule has 1 aliphatic heterocycles. The second-order valence-corrected chi connectivity index (χ2v) is 6.89. The van der Waals surface area contributed by atoms with Crippen LogP contribution in [-0.2, 0) is 9.62 Å². The van der Waals surface area contributed by atoms with Crippen molar-refractivity contribution in [2.45, 2.75) is 32.4 Å². The van der Waals surface area contributed by atoms with Crippen LogP contribution in [0.2, 0.25) is 10.0 Å². The summed E-state index contributed by atoms with van der Waals surface area (Å²) in [6.45, 7) is 3.01. The van der Waals surface area contributed by atoms with Crippen LogP contribution in [0.3, 0.4) is 0 Å². The molecule has 2 aromatic heterocycles. The van der Waals surface area contributed by atoms with Gasteiger partial charge in [-0.2, -0.15) is 9.99 Å².